The van der Waals surface area contributed by atoms with E-state index in [2.05, 4.69) is 38.1 Å². The monoisotopic (exact) mass is 211 g/mol. The second-order valence-electron chi connectivity index (χ2n) is 3.07. The summed E-state index contributed by atoms with van der Waals surface area (Å²) in [4.78, 5) is 5.82. The van der Waals surface area contributed by atoms with Gasteiger partial charge in [0.1, 0.15) is 0 Å². The van der Waals surface area contributed by atoms with Crippen LogP contribution in [-0.2, 0) is 0 Å². The van der Waals surface area contributed by atoms with Gasteiger partial charge in [-0.05, 0) is 38.7 Å². The minimum Gasteiger partial charge on any atom is -0.284 e. The molecule has 0 fully saturated rings. The number of thioether (sulfide) groups is 1. The van der Waals surface area contributed by atoms with Crippen LogP contribution in [0.4, 0.5) is 0 Å². The number of hydrogen-bond donors (Lipinski definition) is 0. The highest BCUT2D eigenvalue weighted by Gasteiger charge is 2.16. The van der Waals surface area contributed by atoms with Gasteiger partial charge in [-0.15, -0.1) is 0 Å². The molecule has 0 N–H and O–H groups in total. The number of rotatable bonds is 1. The van der Waals surface area contributed by atoms with Crippen LogP contribution in [0.1, 0.15) is 41.5 Å². The molecule has 0 aromatic heterocycles. The third kappa shape index (κ3) is 3.33. The molecule has 1 heterocycles. The SMILES string of the molecule is CC.CCN=C1C(C)=CSC1=C(C)C. The zero-order valence-corrected chi connectivity index (χ0v) is 11.0. The van der Waals surface area contributed by atoms with Gasteiger partial charge in [0.25, 0.3) is 0 Å². The van der Waals surface area contributed by atoms with Crippen molar-refractivity contribution in [2.24, 2.45) is 4.99 Å². The second kappa shape index (κ2) is 6.88. The lowest BCUT2D eigenvalue weighted by Gasteiger charge is -2.02. The Morgan fingerprint density at radius 1 is 1.36 bits per heavy atom. The van der Waals surface area contributed by atoms with E-state index in [-0.39, 0.29) is 0 Å². The van der Waals surface area contributed by atoms with Gasteiger partial charge in [0.05, 0.1) is 5.71 Å². The van der Waals surface area contributed by atoms with Gasteiger partial charge in [-0.1, -0.05) is 31.2 Å². The lowest BCUT2D eigenvalue weighted by atomic mass is 10.1. The zero-order chi connectivity index (χ0) is 11.1. The summed E-state index contributed by atoms with van der Waals surface area (Å²) in [5, 5.41) is 2.18. The van der Waals surface area contributed by atoms with Crippen LogP contribution in [-0.4, -0.2) is 12.3 Å². The van der Waals surface area contributed by atoms with Crippen molar-refractivity contribution in [3.05, 3.63) is 21.5 Å². The highest BCUT2D eigenvalue weighted by Crippen LogP contribution is 2.33. The van der Waals surface area contributed by atoms with E-state index in [1.807, 2.05) is 13.8 Å². The summed E-state index contributed by atoms with van der Waals surface area (Å²) in [7, 11) is 0. The van der Waals surface area contributed by atoms with Gasteiger partial charge < -0.3 is 0 Å². The van der Waals surface area contributed by atoms with Gasteiger partial charge >= 0.3 is 0 Å². The summed E-state index contributed by atoms with van der Waals surface area (Å²) in [6.07, 6.45) is 0. The Morgan fingerprint density at radius 2 is 1.93 bits per heavy atom. The third-order valence-corrected chi connectivity index (χ3v) is 3.02. The molecule has 0 amide bonds. The molecule has 0 unspecified atom stereocenters. The summed E-state index contributed by atoms with van der Waals surface area (Å²) in [5.41, 5.74) is 3.86. The Kier molecular flexibility index (Phi) is 6.64. The molecular weight excluding hydrogens is 190 g/mol. The maximum Gasteiger partial charge on any atom is 0.0747 e. The minimum absolute atomic E-state index is 0.873. The first-order chi connectivity index (χ1) is 6.66. The van der Waals surface area contributed by atoms with E-state index in [0.717, 1.165) is 6.54 Å². The topological polar surface area (TPSA) is 12.4 Å². The number of nitrogens with zero attached hydrogens (tertiary/aromatic N) is 1. The van der Waals surface area contributed by atoms with Crippen LogP contribution < -0.4 is 0 Å². The number of allylic oxidation sites excluding steroid dienone is 3. The van der Waals surface area contributed by atoms with E-state index in [1.54, 1.807) is 11.8 Å². The molecule has 1 aliphatic rings. The van der Waals surface area contributed by atoms with Crippen molar-refractivity contribution in [2.45, 2.75) is 41.5 Å². The molecule has 14 heavy (non-hydrogen) atoms. The molecule has 0 bridgehead atoms. The summed E-state index contributed by atoms with van der Waals surface area (Å²) >= 11 is 1.79. The van der Waals surface area contributed by atoms with Crippen molar-refractivity contribution in [1.29, 1.82) is 0 Å². The third-order valence-electron chi connectivity index (χ3n) is 1.71. The molecule has 0 radical (unpaired) electrons. The van der Waals surface area contributed by atoms with Crippen molar-refractivity contribution < 1.29 is 0 Å². The van der Waals surface area contributed by atoms with Crippen molar-refractivity contribution in [2.75, 3.05) is 6.54 Å². The highest BCUT2D eigenvalue weighted by molar-refractivity contribution is 8.07. The molecule has 2 heteroatoms. The van der Waals surface area contributed by atoms with Crippen molar-refractivity contribution in [3.63, 3.8) is 0 Å². The standard InChI is InChI=1S/C10H15NS.C2H6/c1-5-11-9-8(4)6-12-10(9)7(2)3;1-2/h6H,5H2,1-4H3;1-2H3. The molecule has 0 aromatic rings. The lowest BCUT2D eigenvalue weighted by Crippen LogP contribution is -1.99. The van der Waals surface area contributed by atoms with Crippen LogP contribution in [0.25, 0.3) is 0 Å². The zero-order valence-electron chi connectivity index (χ0n) is 10.1. The highest BCUT2D eigenvalue weighted by atomic mass is 32.2. The fourth-order valence-corrected chi connectivity index (χ4v) is 2.13. The largest absolute Gasteiger partial charge is 0.284 e. The van der Waals surface area contributed by atoms with Crippen LogP contribution in [0.5, 0.6) is 0 Å². The van der Waals surface area contributed by atoms with Gasteiger partial charge in [-0.3, -0.25) is 4.99 Å². The van der Waals surface area contributed by atoms with E-state index in [1.165, 1.54) is 21.8 Å². The first kappa shape index (κ1) is 13.5. The summed E-state index contributed by atoms with van der Waals surface area (Å²) < 4.78 is 0. The predicted molar refractivity (Wildman–Crippen MR) is 69.0 cm³/mol. The molecule has 1 rings (SSSR count). The Bertz CT molecular complexity index is 268. The van der Waals surface area contributed by atoms with Crippen LogP contribution in [0, 0.1) is 0 Å². The lowest BCUT2D eigenvalue weighted by molar-refractivity contribution is 1.13. The smallest absolute Gasteiger partial charge is 0.0747 e. The molecule has 0 spiro atoms. The van der Waals surface area contributed by atoms with Crippen molar-refractivity contribution in [1.82, 2.24) is 0 Å². The summed E-state index contributed by atoms with van der Waals surface area (Å²) in [5.74, 6) is 0. The summed E-state index contributed by atoms with van der Waals surface area (Å²) in [6.45, 7) is 13.3. The predicted octanol–water partition coefficient (Wildman–Crippen LogP) is 4.42. The second-order valence-corrected chi connectivity index (χ2v) is 3.95. The van der Waals surface area contributed by atoms with Gasteiger partial charge in [0, 0.05) is 11.4 Å². The molecule has 0 saturated carbocycles. The fourth-order valence-electron chi connectivity index (χ4n) is 1.15. The average molecular weight is 211 g/mol. The Morgan fingerprint density at radius 3 is 2.36 bits per heavy atom. The number of aliphatic imine (C=N–C) groups is 1. The minimum atomic E-state index is 0.873. The van der Waals surface area contributed by atoms with E-state index in [9.17, 15) is 0 Å². The average Bonchev–Trinajstić information content (AvgIpc) is 2.52. The van der Waals surface area contributed by atoms with E-state index < -0.39 is 0 Å². The van der Waals surface area contributed by atoms with Gasteiger partial charge in [0.2, 0.25) is 0 Å². The Balaban J connectivity index is 0.000000791. The van der Waals surface area contributed by atoms with Crippen LogP contribution >= 0.6 is 11.8 Å². The van der Waals surface area contributed by atoms with Crippen LogP contribution in [0.2, 0.25) is 0 Å². The van der Waals surface area contributed by atoms with E-state index >= 15 is 0 Å². The van der Waals surface area contributed by atoms with E-state index in [4.69, 9.17) is 0 Å². The summed E-state index contributed by atoms with van der Waals surface area (Å²) in [6, 6.07) is 0. The molecule has 0 saturated heterocycles. The molecular formula is C12H21NS. The van der Waals surface area contributed by atoms with Gasteiger partial charge in [-0.25, -0.2) is 0 Å². The molecule has 80 valence electrons. The first-order valence-corrected chi connectivity index (χ1v) is 6.11. The molecule has 1 nitrogen and oxygen atoms in total. The number of hydrogen-bond acceptors (Lipinski definition) is 2. The van der Waals surface area contributed by atoms with Crippen LogP contribution in [0.3, 0.4) is 0 Å². The van der Waals surface area contributed by atoms with Crippen LogP contribution in [0.15, 0.2) is 26.5 Å². The van der Waals surface area contributed by atoms with Crippen molar-refractivity contribution in [3.8, 4) is 0 Å². The molecule has 0 aliphatic carbocycles. The maximum absolute atomic E-state index is 4.48. The fraction of sp³-hybridized carbons (Fsp3) is 0.583. The molecule has 0 atom stereocenters. The molecule has 0 aromatic carbocycles. The quantitative estimate of drug-likeness (QED) is 0.625. The van der Waals surface area contributed by atoms with Crippen molar-refractivity contribution >= 4 is 17.5 Å². The van der Waals surface area contributed by atoms with Gasteiger partial charge in [0.15, 0.2) is 0 Å². The van der Waals surface area contributed by atoms with Gasteiger partial charge in [-0.2, -0.15) is 0 Å². The van der Waals surface area contributed by atoms with E-state index in [0.29, 0.717) is 0 Å². The molecule has 1 aliphatic heterocycles. The maximum atomic E-state index is 4.48. The Hall–Kier alpha value is -0.500. The first-order valence-electron chi connectivity index (χ1n) is 5.23. The normalized spacial score (nSPS) is 17.7. The Labute approximate surface area is 92.4 Å².